The number of H-pyrrole nitrogens is 1. The van der Waals surface area contributed by atoms with Gasteiger partial charge in [0.15, 0.2) is 0 Å². The van der Waals surface area contributed by atoms with Crippen molar-refractivity contribution in [1.29, 1.82) is 0 Å². The zero-order valence-electron chi connectivity index (χ0n) is 18.3. The fraction of sp³-hybridized carbons (Fsp3) is 0.522. The molecule has 2 aliphatic heterocycles. The van der Waals surface area contributed by atoms with Crippen LogP contribution < -0.4 is 5.56 Å². The Morgan fingerprint density at radius 2 is 2.00 bits per heavy atom. The van der Waals surface area contributed by atoms with E-state index in [0.717, 1.165) is 49.3 Å². The monoisotopic (exact) mass is 444 g/mol. The van der Waals surface area contributed by atoms with E-state index in [1.807, 2.05) is 37.8 Å². The predicted octanol–water partition coefficient (Wildman–Crippen LogP) is 3.85. The Morgan fingerprint density at radius 3 is 2.71 bits per heavy atom. The Morgan fingerprint density at radius 1 is 1.26 bits per heavy atom. The number of benzene rings is 1. The maximum Gasteiger partial charge on any atom is 0.410 e. The second-order valence-corrected chi connectivity index (χ2v) is 9.74. The average Bonchev–Trinajstić information content (AvgIpc) is 3.15. The molecule has 7 nitrogen and oxygen atoms in total. The first kappa shape index (κ1) is 21.8. The standard InChI is InChI=1S/C23H29ClN4O3/c1-23(2,3)31-22(30)28-11-4-5-17(28)13-27-12-10-18-19(14-27)25-20(26-21(18)29)15-6-8-16(24)9-7-15/h6-9,17H,4-5,10-14H2,1-3H3,(H,25,26,29). The van der Waals surface area contributed by atoms with Gasteiger partial charge in [0.05, 0.1) is 5.69 Å². The lowest BCUT2D eigenvalue weighted by Crippen LogP contribution is -2.46. The molecule has 0 saturated carbocycles. The van der Waals surface area contributed by atoms with E-state index in [2.05, 4.69) is 9.88 Å². The van der Waals surface area contributed by atoms with Crippen molar-refractivity contribution >= 4 is 17.7 Å². The predicted molar refractivity (Wildman–Crippen MR) is 120 cm³/mol. The highest BCUT2D eigenvalue weighted by Crippen LogP contribution is 2.25. The van der Waals surface area contributed by atoms with Crippen molar-refractivity contribution in [2.24, 2.45) is 0 Å². The Balaban J connectivity index is 1.49. The summed E-state index contributed by atoms with van der Waals surface area (Å²) in [7, 11) is 0. The van der Waals surface area contributed by atoms with E-state index in [4.69, 9.17) is 21.3 Å². The minimum Gasteiger partial charge on any atom is -0.444 e. The number of carbonyl (C=O) groups excluding carboxylic acids is 1. The quantitative estimate of drug-likeness (QED) is 0.777. The number of likely N-dealkylation sites (tertiary alicyclic amines) is 1. The maximum atomic E-state index is 12.6. The molecule has 1 N–H and O–H groups in total. The summed E-state index contributed by atoms with van der Waals surface area (Å²) in [4.78, 5) is 37.0. The molecule has 0 radical (unpaired) electrons. The topological polar surface area (TPSA) is 78.5 Å². The van der Waals surface area contributed by atoms with Crippen molar-refractivity contribution in [3.05, 3.63) is 50.9 Å². The molecule has 1 unspecified atom stereocenters. The smallest absolute Gasteiger partial charge is 0.410 e. The van der Waals surface area contributed by atoms with Crippen molar-refractivity contribution in [2.45, 2.75) is 58.2 Å². The molecule has 0 spiro atoms. The summed E-state index contributed by atoms with van der Waals surface area (Å²) >= 11 is 5.98. The zero-order chi connectivity index (χ0) is 22.2. The van der Waals surface area contributed by atoms with Crippen LogP contribution >= 0.6 is 11.6 Å². The lowest BCUT2D eigenvalue weighted by atomic mass is 10.0. The van der Waals surface area contributed by atoms with E-state index in [1.54, 1.807) is 12.1 Å². The summed E-state index contributed by atoms with van der Waals surface area (Å²) in [5.41, 5.74) is 1.81. The van der Waals surface area contributed by atoms with Crippen molar-refractivity contribution in [1.82, 2.24) is 19.8 Å². The normalized spacial score (nSPS) is 19.4. The number of nitrogens with zero attached hydrogens (tertiary/aromatic N) is 3. The van der Waals surface area contributed by atoms with Gasteiger partial charge in [-0.3, -0.25) is 9.69 Å². The summed E-state index contributed by atoms with van der Waals surface area (Å²) in [6.45, 7) is 8.51. The van der Waals surface area contributed by atoms with Gasteiger partial charge in [0.25, 0.3) is 5.56 Å². The number of aromatic nitrogens is 2. The number of carbonyl (C=O) groups is 1. The lowest BCUT2D eigenvalue weighted by molar-refractivity contribution is 0.0191. The highest BCUT2D eigenvalue weighted by Gasteiger charge is 2.34. The second kappa shape index (κ2) is 8.63. The third-order valence-corrected chi connectivity index (χ3v) is 6.00. The first-order chi connectivity index (χ1) is 14.7. The molecule has 4 rings (SSSR count). The molecule has 2 aromatic rings. The molecule has 8 heteroatoms. The molecule has 0 bridgehead atoms. The summed E-state index contributed by atoms with van der Waals surface area (Å²) in [6, 6.07) is 7.40. The van der Waals surface area contributed by atoms with E-state index in [-0.39, 0.29) is 17.7 Å². The second-order valence-electron chi connectivity index (χ2n) is 9.30. The first-order valence-electron chi connectivity index (χ1n) is 10.8. The van der Waals surface area contributed by atoms with E-state index < -0.39 is 5.60 Å². The summed E-state index contributed by atoms with van der Waals surface area (Å²) < 4.78 is 5.59. The SMILES string of the molecule is CC(C)(C)OC(=O)N1CCCC1CN1CCc2c(nc(-c3ccc(Cl)cc3)[nH]c2=O)C1. The van der Waals surface area contributed by atoms with Gasteiger partial charge in [-0.1, -0.05) is 11.6 Å². The Hall–Kier alpha value is -2.38. The van der Waals surface area contributed by atoms with Crippen LogP contribution in [0.15, 0.2) is 29.1 Å². The Bertz CT molecular complexity index is 1010. The highest BCUT2D eigenvalue weighted by atomic mass is 35.5. The molecule has 1 aromatic heterocycles. The van der Waals surface area contributed by atoms with Crippen LogP contribution in [0.25, 0.3) is 11.4 Å². The molecule has 0 aliphatic carbocycles. The highest BCUT2D eigenvalue weighted by molar-refractivity contribution is 6.30. The van der Waals surface area contributed by atoms with E-state index in [9.17, 15) is 9.59 Å². The summed E-state index contributed by atoms with van der Waals surface area (Å²) in [5, 5.41) is 0.640. The minimum absolute atomic E-state index is 0.0779. The van der Waals surface area contributed by atoms with Crippen LogP contribution in [0.2, 0.25) is 5.02 Å². The van der Waals surface area contributed by atoms with E-state index in [1.165, 1.54) is 0 Å². The summed E-state index contributed by atoms with van der Waals surface area (Å²) in [6.07, 6.45) is 2.35. The number of hydrogen-bond donors (Lipinski definition) is 1. The largest absolute Gasteiger partial charge is 0.444 e. The number of nitrogens with one attached hydrogen (secondary N) is 1. The zero-order valence-corrected chi connectivity index (χ0v) is 19.0. The molecule has 3 heterocycles. The molecule has 1 amide bonds. The first-order valence-corrected chi connectivity index (χ1v) is 11.2. The Kier molecular flexibility index (Phi) is 6.08. The van der Waals surface area contributed by atoms with Gasteiger partial charge in [0.1, 0.15) is 11.4 Å². The number of rotatable bonds is 3. The molecule has 1 saturated heterocycles. The fourth-order valence-corrected chi connectivity index (χ4v) is 4.40. The third kappa shape index (κ3) is 5.10. The van der Waals surface area contributed by atoms with Crippen molar-refractivity contribution < 1.29 is 9.53 Å². The van der Waals surface area contributed by atoms with Crippen molar-refractivity contribution in [3.8, 4) is 11.4 Å². The van der Waals surface area contributed by atoms with Crippen LogP contribution in [-0.2, 0) is 17.7 Å². The van der Waals surface area contributed by atoms with Crippen molar-refractivity contribution in [3.63, 3.8) is 0 Å². The van der Waals surface area contributed by atoms with Crippen LogP contribution in [0, 0.1) is 0 Å². The van der Waals surface area contributed by atoms with Gasteiger partial charge in [-0.2, -0.15) is 0 Å². The lowest BCUT2D eigenvalue weighted by Gasteiger charge is -2.34. The minimum atomic E-state index is -0.503. The van der Waals surface area contributed by atoms with Crippen LogP contribution in [0.4, 0.5) is 4.79 Å². The molecule has 31 heavy (non-hydrogen) atoms. The molecular weight excluding hydrogens is 416 g/mol. The van der Waals surface area contributed by atoms with E-state index in [0.29, 0.717) is 23.8 Å². The van der Waals surface area contributed by atoms with Crippen LogP contribution in [0.3, 0.4) is 0 Å². The van der Waals surface area contributed by atoms with Crippen LogP contribution in [-0.4, -0.2) is 57.1 Å². The number of hydrogen-bond acceptors (Lipinski definition) is 5. The van der Waals surface area contributed by atoms with Crippen LogP contribution in [0.1, 0.15) is 44.9 Å². The molecule has 166 valence electrons. The fourth-order valence-electron chi connectivity index (χ4n) is 4.28. The van der Waals surface area contributed by atoms with Gasteiger partial charge in [0, 0.05) is 48.4 Å². The van der Waals surface area contributed by atoms with Gasteiger partial charge >= 0.3 is 6.09 Å². The van der Waals surface area contributed by atoms with Gasteiger partial charge in [-0.25, -0.2) is 9.78 Å². The number of amides is 1. The molecular formula is C23H29ClN4O3. The Labute approximate surface area is 187 Å². The van der Waals surface area contributed by atoms with E-state index >= 15 is 0 Å². The maximum absolute atomic E-state index is 12.6. The van der Waals surface area contributed by atoms with Gasteiger partial charge in [-0.15, -0.1) is 0 Å². The van der Waals surface area contributed by atoms with Crippen LogP contribution in [0.5, 0.6) is 0 Å². The number of ether oxygens (including phenoxy) is 1. The summed E-state index contributed by atoms with van der Waals surface area (Å²) in [5.74, 6) is 0.554. The van der Waals surface area contributed by atoms with Gasteiger partial charge in [0.2, 0.25) is 0 Å². The number of aromatic amines is 1. The number of halogens is 1. The third-order valence-electron chi connectivity index (χ3n) is 5.74. The molecule has 1 aromatic carbocycles. The van der Waals surface area contributed by atoms with Gasteiger partial charge < -0.3 is 14.6 Å². The van der Waals surface area contributed by atoms with Crippen molar-refractivity contribution in [2.75, 3.05) is 19.6 Å². The van der Waals surface area contributed by atoms with Gasteiger partial charge in [-0.05, 0) is 64.3 Å². The number of fused-ring (bicyclic) bond motifs is 1. The molecule has 2 aliphatic rings. The molecule has 1 atom stereocenters. The molecule has 1 fully saturated rings. The average molecular weight is 445 g/mol.